The minimum atomic E-state index is -1.25. The van der Waals surface area contributed by atoms with Crippen molar-refractivity contribution in [3.05, 3.63) is 23.8 Å². The Morgan fingerprint density at radius 2 is 1.85 bits per heavy atom. The third-order valence-electron chi connectivity index (χ3n) is 2.97. The molecule has 0 saturated carbocycles. The van der Waals surface area contributed by atoms with Crippen molar-refractivity contribution in [1.82, 2.24) is 0 Å². The van der Waals surface area contributed by atoms with Crippen LogP contribution in [0, 0.1) is 0 Å². The van der Waals surface area contributed by atoms with Crippen molar-refractivity contribution >= 4 is 5.97 Å². The predicted molar refractivity (Wildman–Crippen MR) is 72.2 cm³/mol. The lowest BCUT2D eigenvalue weighted by Crippen LogP contribution is -2.28. The Bertz CT molecular complexity index is 457. The lowest BCUT2D eigenvalue weighted by molar-refractivity contribution is -0.158. The van der Waals surface area contributed by atoms with Crippen LogP contribution in [0.25, 0.3) is 0 Å². The molecule has 112 valence electrons. The standard InChI is InChI=1S/C14H20O6/c1-8(15)9(2)20-13(14(16)17)11-7-10(18-3)5-6-12(11)19-4/h5-9,13,15H,1-4H3,(H,16,17). The van der Waals surface area contributed by atoms with Gasteiger partial charge in [0.1, 0.15) is 11.5 Å². The fraction of sp³-hybridized carbons (Fsp3) is 0.500. The molecular weight excluding hydrogens is 264 g/mol. The van der Waals surface area contributed by atoms with Crippen molar-refractivity contribution in [2.45, 2.75) is 32.2 Å². The molecule has 0 aliphatic carbocycles. The smallest absolute Gasteiger partial charge is 0.337 e. The summed E-state index contributed by atoms with van der Waals surface area (Å²) in [4.78, 5) is 11.4. The Balaban J connectivity index is 3.16. The van der Waals surface area contributed by atoms with E-state index >= 15 is 0 Å². The Labute approximate surface area is 117 Å². The fourth-order valence-corrected chi connectivity index (χ4v) is 1.64. The maximum atomic E-state index is 11.4. The molecule has 0 aromatic heterocycles. The number of carbonyl (C=O) groups is 1. The Hall–Kier alpha value is -1.79. The molecule has 3 atom stereocenters. The number of rotatable bonds is 7. The van der Waals surface area contributed by atoms with E-state index in [1.54, 1.807) is 25.1 Å². The highest BCUT2D eigenvalue weighted by molar-refractivity contribution is 5.76. The van der Waals surface area contributed by atoms with Crippen LogP contribution < -0.4 is 9.47 Å². The quantitative estimate of drug-likeness (QED) is 0.791. The molecule has 1 aromatic carbocycles. The van der Waals surface area contributed by atoms with Gasteiger partial charge in [0.25, 0.3) is 0 Å². The zero-order chi connectivity index (χ0) is 15.3. The number of aliphatic hydroxyl groups is 1. The van der Waals surface area contributed by atoms with Gasteiger partial charge in [-0.3, -0.25) is 0 Å². The summed E-state index contributed by atoms with van der Waals surface area (Å²) in [6, 6.07) is 4.83. The molecule has 0 fully saturated rings. The van der Waals surface area contributed by atoms with Gasteiger partial charge in [0.05, 0.1) is 26.4 Å². The highest BCUT2D eigenvalue weighted by atomic mass is 16.5. The first kappa shape index (κ1) is 16.3. The number of carboxylic acids is 1. The van der Waals surface area contributed by atoms with E-state index in [2.05, 4.69) is 0 Å². The van der Waals surface area contributed by atoms with E-state index < -0.39 is 24.3 Å². The van der Waals surface area contributed by atoms with Crippen LogP contribution in [0.15, 0.2) is 18.2 Å². The summed E-state index contributed by atoms with van der Waals surface area (Å²) in [7, 11) is 2.93. The van der Waals surface area contributed by atoms with Crippen LogP contribution in [0.2, 0.25) is 0 Å². The van der Waals surface area contributed by atoms with E-state index in [0.29, 0.717) is 17.1 Å². The molecule has 6 heteroatoms. The first-order valence-electron chi connectivity index (χ1n) is 6.19. The van der Waals surface area contributed by atoms with E-state index in [1.807, 2.05) is 0 Å². The molecule has 0 amide bonds. The number of hydrogen-bond donors (Lipinski definition) is 2. The van der Waals surface area contributed by atoms with Gasteiger partial charge in [-0.05, 0) is 32.0 Å². The molecule has 2 N–H and O–H groups in total. The Morgan fingerprint density at radius 3 is 2.30 bits per heavy atom. The number of ether oxygens (including phenoxy) is 3. The number of benzene rings is 1. The summed E-state index contributed by atoms with van der Waals surface area (Å²) in [5, 5.41) is 18.8. The van der Waals surface area contributed by atoms with Crippen LogP contribution in [-0.4, -0.2) is 42.6 Å². The minimum absolute atomic E-state index is 0.340. The highest BCUT2D eigenvalue weighted by Gasteiger charge is 2.28. The van der Waals surface area contributed by atoms with Gasteiger partial charge in [0.2, 0.25) is 0 Å². The second kappa shape index (κ2) is 7.12. The largest absolute Gasteiger partial charge is 0.497 e. The summed E-state index contributed by atoms with van der Waals surface area (Å²) in [6.07, 6.45) is -2.66. The van der Waals surface area contributed by atoms with E-state index in [9.17, 15) is 15.0 Å². The second-order valence-corrected chi connectivity index (χ2v) is 4.41. The van der Waals surface area contributed by atoms with E-state index in [-0.39, 0.29) is 0 Å². The molecule has 3 unspecified atom stereocenters. The maximum absolute atomic E-state index is 11.4. The third-order valence-corrected chi connectivity index (χ3v) is 2.97. The lowest BCUT2D eigenvalue weighted by atomic mass is 10.1. The van der Waals surface area contributed by atoms with Crippen molar-refractivity contribution in [3.8, 4) is 11.5 Å². The van der Waals surface area contributed by atoms with E-state index in [1.165, 1.54) is 21.1 Å². The van der Waals surface area contributed by atoms with Crippen molar-refractivity contribution in [3.63, 3.8) is 0 Å². The van der Waals surface area contributed by atoms with Gasteiger partial charge in [-0.1, -0.05) is 0 Å². The molecule has 6 nitrogen and oxygen atoms in total. The molecule has 20 heavy (non-hydrogen) atoms. The van der Waals surface area contributed by atoms with Gasteiger partial charge in [-0.25, -0.2) is 4.79 Å². The average Bonchev–Trinajstić information content (AvgIpc) is 2.43. The van der Waals surface area contributed by atoms with Crippen LogP contribution in [0.4, 0.5) is 0 Å². The molecular formula is C14H20O6. The number of aliphatic hydroxyl groups excluding tert-OH is 1. The highest BCUT2D eigenvalue weighted by Crippen LogP contribution is 2.32. The monoisotopic (exact) mass is 284 g/mol. The van der Waals surface area contributed by atoms with Crippen LogP contribution in [0.5, 0.6) is 11.5 Å². The molecule has 0 radical (unpaired) electrons. The van der Waals surface area contributed by atoms with Crippen molar-refractivity contribution < 1.29 is 29.2 Å². The first-order valence-corrected chi connectivity index (χ1v) is 6.19. The first-order chi connectivity index (χ1) is 9.40. The molecule has 0 aliphatic heterocycles. The van der Waals surface area contributed by atoms with Gasteiger partial charge < -0.3 is 24.4 Å². The summed E-state index contributed by atoms with van der Waals surface area (Å²) in [6.45, 7) is 3.14. The normalized spacial score (nSPS) is 15.2. The number of methoxy groups -OCH3 is 2. The van der Waals surface area contributed by atoms with Crippen molar-refractivity contribution in [2.24, 2.45) is 0 Å². The topological polar surface area (TPSA) is 85.2 Å². The zero-order valence-corrected chi connectivity index (χ0v) is 12.0. The fourth-order valence-electron chi connectivity index (χ4n) is 1.64. The van der Waals surface area contributed by atoms with Crippen LogP contribution in [0.1, 0.15) is 25.5 Å². The number of aliphatic carboxylic acids is 1. The van der Waals surface area contributed by atoms with Crippen LogP contribution >= 0.6 is 0 Å². The van der Waals surface area contributed by atoms with Gasteiger partial charge in [0.15, 0.2) is 6.10 Å². The summed E-state index contributed by atoms with van der Waals surface area (Å²) in [5.74, 6) is -0.277. The summed E-state index contributed by atoms with van der Waals surface area (Å²) >= 11 is 0. The Morgan fingerprint density at radius 1 is 1.20 bits per heavy atom. The second-order valence-electron chi connectivity index (χ2n) is 4.41. The van der Waals surface area contributed by atoms with Gasteiger partial charge >= 0.3 is 5.97 Å². The summed E-state index contributed by atoms with van der Waals surface area (Å²) < 4.78 is 15.7. The average molecular weight is 284 g/mol. The predicted octanol–water partition coefficient (Wildman–Crippen LogP) is 1.62. The van der Waals surface area contributed by atoms with E-state index in [4.69, 9.17) is 14.2 Å². The number of hydrogen-bond acceptors (Lipinski definition) is 5. The lowest BCUT2D eigenvalue weighted by Gasteiger charge is -2.23. The molecule has 1 rings (SSSR count). The Kier molecular flexibility index (Phi) is 5.79. The molecule has 0 spiro atoms. The summed E-state index contributed by atoms with van der Waals surface area (Å²) in [5.41, 5.74) is 0.340. The van der Waals surface area contributed by atoms with Gasteiger partial charge in [-0.15, -0.1) is 0 Å². The molecule has 0 saturated heterocycles. The maximum Gasteiger partial charge on any atom is 0.337 e. The molecule has 0 heterocycles. The molecule has 0 aliphatic rings. The van der Waals surface area contributed by atoms with Crippen LogP contribution in [0.3, 0.4) is 0 Å². The van der Waals surface area contributed by atoms with Crippen molar-refractivity contribution in [1.29, 1.82) is 0 Å². The van der Waals surface area contributed by atoms with Crippen molar-refractivity contribution in [2.75, 3.05) is 14.2 Å². The SMILES string of the molecule is COc1ccc(OC)c(C(OC(C)C(C)O)C(=O)O)c1. The molecule has 0 bridgehead atoms. The number of carboxylic acid groups (broad SMARTS) is 1. The van der Waals surface area contributed by atoms with Gasteiger partial charge in [0, 0.05) is 5.56 Å². The third kappa shape index (κ3) is 3.85. The van der Waals surface area contributed by atoms with Gasteiger partial charge in [-0.2, -0.15) is 0 Å². The minimum Gasteiger partial charge on any atom is -0.497 e. The van der Waals surface area contributed by atoms with E-state index in [0.717, 1.165) is 0 Å². The molecule has 1 aromatic rings. The zero-order valence-electron chi connectivity index (χ0n) is 12.0. The van der Waals surface area contributed by atoms with Crippen LogP contribution in [-0.2, 0) is 9.53 Å².